The molecule has 0 bridgehead atoms. The second-order valence-corrected chi connectivity index (χ2v) is 5.59. The predicted octanol–water partition coefficient (Wildman–Crippen LogP) is 4.09. The van der Waals surface area contributed by atoms with Crippen LogP contribution in [-0.2, 0) is 6.54 Å². The molecule has 2 aromatic rings. The number of benzene rings is 2. The van der Waals surface area contributed by atoms with Crippen LogP contribution >= 0.6 is 0 Å². The van der Waals surface area contributed by atoms with E-state index in [1.54, 1.807) is 0 Å². The second kappa shape index (κ2) is 5.90. The smallest absolute Gasteiger partial charge is 0.103 e. The van der Waals surface area contributed by atoms with E-state index in [9.17, 15) is 0 Å². The van der Waals surface area contributed by atoms with Crippen LogP contribution in [0.5, 0.6) is 0 Å². The van der Waals surface area contributed by atoms with Gasteiger partial charge in [-0.05, 0) is 37.6 Å². The molecule has 2 rings (SSSR count). The Morgan fingerprint density at radius 3 is 2.05 bits per heavy atom. The monoisotopic (exact) mass is 264 g/mol. The summed E-state index contributed by atoms with van der Waals surface area (Å²) >= 11 is 0. The Morgan fingerprint density at radius 1 is 0.950 bits per heavy atom. The molecule has 102 valence electrons. The molecule has 0 unspecified atom stereocenters. The number of rotatable bonds is 4. The number of nitrogens with zero attached hydrogens (tertiary/aromatic N) is 2. The standard InChI is InChI=1S/C18H20N2/c1-18(2,14-19)20(3)13-15-9-11-17(12-10-15)16-7-5-4-6-8-16/h4-12H,13H2,1-3H3. The molecule has 2 heteroatoms. The van der Waals surface area contributed by atoms with Crippen molar-refractivity contribution >= 4 is 0 Å². The molecule has 2 nitrogen and oxygen atoms in total. The molecule has 0 saturated carbocycles. The van der Waals surface area contributed by atoms with Gasteiger partial charge in [0, 0.05) is 6.54 Å². The lowest BCUT2D eigenvalue weighted by Crippen LogP contribution is -2.38. The number of hydrogen-bond acceptors (Lipinski definition) is 2. The summed E-state index contributed by atoms with van der Waals surface area (Å²) in [4.78, 5) is 2.06. The first-order chi connectivity index (χ1) is 9.53. The maximum atomic E-state index is 9.14. The molecule has 0 fully saturated rings. The van der Waals surface area contributed by atoms with E-state index in [1.165, 1.54) is 16.7 Å². The van der Waals surface area contributed by atoms with Gasteiger partial charge in [0.1, 0.15) is 5.54 Å². The molecule has 20 heavy (non-hydrogen) atoms. The molecule has 0 radical (unpaired) electrons. The SMILES string of the molecule is CN(Cc1ccc(-c2ccccc2)cc1)C(C)(C)C#N. The largest absolute Gasteiger partial charge is 0.285 e. The van der Waals surface area contributed by atoms with Crippen molar-refractivity contribution in [1.82, 2.24) is 4.90 Å². The normalized spacial score (nSPS) is 11.3. The summed E-state index contributed by atoms with van der Waals surface area (Å²) in [6, 6.07) is 21.2. The lowest BCUT2D eigenvalue weighted by Gasteiger charge is -2.29. The molecule has 0 atom stereocenters. The van der Waals surface area contributed by atoms with Crippen molar-refractivity contribution in [2.45, 2.75) is 25.9 Å². The summed E-state index contributed by atoms with van der Waals surface area (Å²) in [5.74, 6) is 0. The first-order valence-corrected chi connectivity index (χ1v) is 6.80. The fourth-order valence-corrected chi connectivity index (χ4v) is 1.99. The summed E-state index contributed by atoms with van der Waals surface area (Å²) in [6.07, 6.45) is 0. The zero-order valence-corrected chi connectivity index (χ0v) is 12.3. The minimum Gasteiger partial charge on any atom is -0.285 e. The zero-order chi connectivity index (χ0) is 14.6. The van der Waals surface area contributed by atoms with E-state index in [0.29, 0.717) is 0 Å². The lowest BCUT2D eigenvalue weighted by atomic mass is 10.0. The zero-order valence-electron chi connectivity index (χ0n) is 12.3. The fourth-order valence-electron chi connectivity index (χ4n) is 1.99. The highest BCUT2D eigenvalue weighted by Crippen LogP contribution is 2.21. The Kier molecular flexibility index (Phi) is 4.22. The maximum Gasteiger partial charge on any atom is 0.103 e. The van der Waals surface area contributed by atoms with E-state index in [-0.39, 0.29) is 0 Å². The minimum atomic E-state index is -0.446. The van der Waals surface area contributed by atoms with Crippen molar-refractivity contribution in [3.05, 3.63) is 60.2 Å². The second-order valence-electron chi connectivity index (χ2n) is 5.59. The Labute approximate surface area is 121 Å². The van der Waals surface area contributed by atoms with Crippen LogP contribution in [0.1, 0.15) is 19.4 Å². The van der Waals surface area contributed by atoms with Crippen LogP contribution in [0, 0.1) is 11.3 Å². The Bertz CT molecular complexity index is 592. The van der Waals surface area contributed by atoms with Crippen LogP contribution in [0.4, 0.5) is 0 Å². The highest BCUT2D eigenvalue weighted by molar-refractivity contribution is 5.63. The molecule has 0 spiro atoms. The molecule has 0 aliphatic carbocycles. The van der Waals surface area contributed by atoms with Crippen LogP contribution in [0.25, 0.3) is 11.1 Å². The van der Waals surface area contributed by atoms with E-state index in [0.717, 1.165) is 6.54 Å². The van der Waals surface area contributed by atoms with Crippen LogP contribution in [0.15, 0.2) is 54.6 Å². The minimum absolute atomic E-state index is 0.446. The first-order valence-electron chi connectivity index (χ1n) is 6.80. The number of hydrogen-bond donors (Lipinski definition) is 0. The van der Waals surface area contributed by atoms with Gasteiger partial charge >= 0.3 is 0 Å². The summed E-state index contributed by atoms with van der Waals surface area (Å²) in [5, 5.41) is 9.14. The van der Waals surface area contributed by atoms with Crippen molar-refractivity contribution in [1.29, 1.82) is 5.26 Å². The van der Waals surface area contributed by atoms with E-state index < -0.39 is 5.54 Å². The summed E-state index contributed by atoms with van der Waals surface area (Å²) in [5.41, 5.74) is 3.22. The molecule has 0 aliphatic rings. The van der Waals surface area contributed by atoms with Crippen LogP contribution in [-0.4, -0.2) is 17.5 Å². The average Bonchev–Trinajstić information content (AvgIpc) is 2.49. The molecular formula is C18H20N2. The predicted molar refractivity (Wildman–Crippen MR) is 83.0 cm³/mol. The van der Waals surface area contributed by atoms with Crippen LogP contribution in [0.3, 0.4) is 0 Å². The Morgan fingerprint density at radius 2 is 1.50 bits per heavy atom. The third-order valence-corrected chi connectivity index (χ3v) is 3.71. The van der Waals surface area contributed by atoms with Gasteiger partial charge in [0.05, 0.1) is 6.07 Å². The van der Waals surface area contributed by atoms with Gasteiger partial charge in [0.2, 0.25) is 0 Å². The highest BCUT2D eigenvalue weighted by atomic mass is 15.2. The van der Waals surface area contributed by atoms with Crippen molar-refractivity contribution in [3.63, 3.8) is 0 Å². The van der Waals surface area contributed by atoms with Gasteiger partial charge in [-0.1, -0.05) is 54.6 Å². The summed E-state index contributed by atoms with van der Waals surface area (Å²) in [6.45, 7) is 4.65. The van der Waals surface area contributed by atoms with Crippen molar-refractivity contribution in [2.24, 2.45) is 0 Å². The fraction of sp³-hybridized carbons (Fsp3) is 0.278. The molecule has 0 aromatic heterocycles. The first kappa shape index (κ1) is 14.3. The van der Waals surface area contributed by atoms with E-state index in [1.807, 2.05) is 39.1 Å². The molecule has 0 aliphatic heterocycles. The topological polar surface area (TPSA) is 27.0 Å². The number of nitriles is 1. The summed E-state index contributed by atoms with van der Waals surface area (Å²) in [7, 11) is 1.98. The van der Waals surface area contributed by atoms with E-state index in [2.05, 4.69) is 47.4 Å². The molecule has 0 saturated heterocycles. The van der Waals surface area contributed by atoms with Crippen molar-refractivity contribution in [3.8, 4) is 17.2 Å². The molecular weight excluding hydrogens is 244 g/mol. The van der Waals surface area contributed by atoms with E-state index >= 15 is 0 Å². The maximum absolute atomic E-state index is 9.14. The van der Waals surface area contributed by atoms with Crippen molar-refractivity contribution < 1.29 is 0 Å². The Hall–Kier alpha value is -2.11. The highest BCUT2D eigenvalue weighted by Gasteiger charge is 2.22. The summed E-state index contributed by atoms with van der Waals surface area (Å²) < 4.78 is 0. The van der Waals surface area contributed by atoms with Crippen molar-refractivity contribution in [2.75, 3.05) is 7.05 Å². The molecule has 0 amide bonds. The van der Waals surface area contributed by atoms with Gasteiger partial charge in [-0.3, -0.25) is 4.90 Å². The van der Waals surface area contributed by atoms with Gasteiger partial charge in [-0.2, -0.15) is 5.26 Å². The quantitative estimate of drug-likeness (QED) is 0.831. The van der Waals surface area contributed by atoms with Gasteiger partial charge in [0.15, 0.2) is 0 Å². The van der Waals surface area contributed by atoms with Gasteiger partial charge < -0.3 is 0 Å². The molecule has 2 aromatic carbocycles. The van der Waals surface area contributed by atoms with Gasteiger partial charge in [-0.15, -0.1) is 0 Å². The van der Waals surface area contributed by atoms with Crippen LogP contribution in [0.2, 0.25) is 0 Å². The third kappa shape index (κ3) is 3.26. The lowest BCUT2D eigenvalue weighted by molar-refractivity contribution is 0.203. The molecule has 0 heterocycles. The average molecular weight is 264 g/mol. The van der Waals surface area contributed by atoms with Gasteiger partial charge in [0.25, 0.3) is 0 Å². The van der Waals surface area contributed by atoms with Gasteiger partial charge in [-0.25, -0.2) is 0 Å². The third-order valence-electron chi connectivity index (χ3n) is 3.71. The van der Waals surface area contributed by atoms with E-state index in [4.69, 9.17) is 5.26 Å². The molecule has 0 N–H and O–H groups in total. The Balaban J connectivity index is 2.12. The van der Waals surface area contributed by atoms with Crippen LogP contribution < -0.4 is 0 Å².